The second-order valence-electron chi connectivity index (χ2n) is 6.75. The lowest BCUT2D eigenvalue weighted by molar-refractivity contribution is -0.157. The summed E-state index contributed by atoms with van der Waals surface area (Å²) in [5.74, 6) is -1.02. The highest BCUT2D eigenvalue weighted by Gasteiger charge is 2.39. The average molecular weight is 403 g/mol. The van der Waals surface area contributed by atoms with Crippen molar-refractivity contribution in [3.05, 3.63) is 35.6 Å². The summed E-state index contributed by atoms with van der Waals surface area (Å²) < 4.78 is 51.8. The Bertz CT molecular complexity index is 672. The predicted molar refractivity (Wildman–Crippen MR) is 98.2 cm³/mol. The number of hydrogen-bond donors (Lipinski definition) is 4. The lowest BCUT2D eigenvalue weighted by Gasteiger charge is -2.25. The highest BCUT2D eigenvalue weighted by atomic mass is 19.4. The molecule has 0 spiro atoms. The van der Waals surface area contributed by atoms with Crippen molar-refractivity contribution < 1.29 is 22.4 Å². The normalized spacial score (nSPS) is 18.0. The lowest BCUT2D eigenvalue weighted by Crippen LogP contribution is -2.54. The number of alkyl halides is 3. The molecule has 156 valence electrons. The Hall–Kier alpha value is -2.20. The maximum Gasteiger partial charge on any atom is 0.403 e. The number of aliphatic imine (C=N–C) groups is 1. The molecule has 0 aromatic heterocycles. The van der Waals surface area contributed by atoms with Gasteiger partial charge in [-0.2, -0.15) is 13.2 Å². The molecule has 2 rings (SSSR count). The number of nitrogens with zero attached hydrogens (tertiary/aromatic N) is 1. The van der Waals surface area contributed by atoms with Crippen LogP contribution in [0.2, 0.25) is 0 Å². The van der Waals surface area contributed by atoms with Crippen LogP contribution in [-0.4, -0.2) is 43.3 Å². The maximum atomic E-state index is 13.0. The van der Waals surface area contributed by atoms with Gasteiger partial charge in [0.2, 0.25) is 0 Å². The van der Waals surface area contributed by atoms with E-state index in [9.17, 15) is 22.4 Å². The van der Waals surface area contributed by atoms with Gasteiger partial charge in [-0.15, -0.1) is 0 Å². The molecule has 1 aromatic rings. The van der Waals surface area contributed by atoms with Crippen LogP contribution in [0.1, 0.15) is 42.5 Å². The Morgan fingerprint density at radius 2 is 1.86 bits per heavy atom. The number of carbonyl (C=O) groups excluding carboxylic acids is 1. The van der Waals surface area contributed by atoms with E-state index in [0.29, 0.717) is 0 Å². The summed E-state index contributed by atoms with van der Waals surface area (Å²) in [6.07, 6.45) is -2.34. The molecule has 6 nitrogen and oxygen atoms in total. The molecule has 10 heteroatoms. The van der Waals surface area contributed by atoms with Gasteiger partial charge < -0.3 is 16.4 Å². The Kier molecular flexibility index (Phi) is 7.76. The molecular weight excluding hydrogens is 378 g/mol. The predicted octanol–water partition coefficient (Wildman–Crippen LogP) is 2.27. The molecule has 5 N–H and O–H groups in total. The Balaban J connectivity index is 2.08. The lowest BCUT2D eigenvalue weighted by atomic mass is 10.1. The number of nitrogens with one attached hydrogen (secondary N) is 3. The number of hydrogen-bond acceptors (Lipinski definition) is 4. The number of rotatable bonds is 6. The highest BCUT2D eigenvalue weighted by molar-refractivity contribution is 6.05. The van der Waals surface area contributed by atoms with Crippen molar-refractivity contribution in [1.29, 1.82) is 0 Å². The van der Waals surface area contributed by atoms with Gasteiger partial charge in [-0.3, -0.25) is 10.1 Å². The smallest absolute Gasteiger partial charge is 0.341 e. The van der Waals surface area contributed by atoms with Gasteiger partial charge in [-0.25, -0.2) is 9.38 Å². The summed E-state index contributed by atoms with van der Waals surface area (Å²) in [6, 6.07) is 3.06. The zero-order valence-corrected chi connectivity index (χ0v) is 15.5. The van der Waals surface area contributed by atoms with Gasteiger partial charge in [-0.05, 0) is 44.2 Å². The van der Waals surface area contributed by atoms with E-state index in [-0.39, 0.29) is 17.6 Å². The largest absolute Gasteiger partial charge is 0.403 e. The summed E-state index contributed by atoms with van der Waals surface area (Å²) in [7, 11) is 1.20. The highest BCUT2D eigenvalue weighted by Crippen LogP contribution is 2.23. The molecular formula is C18H25F4N5O. The van der Waals surface area contributed by atoms with E-state index in [1.54, 1.807) is 0 Å². The third-order valence-electron chi connectivity index (χ3n) is 4.53. The summed E-state index contributed by atoms with van der Waals surface area (Å²) in [6.45, 7) is 0. The van der Waals surface area contributed by atoms with Crippen LogP contribution in [-0.2, 0) is 0 Å². The average Bonchev–Trinajstić information content (AvgIpc) is 3.12. The van der Waals surface area contributed by atoms with Gasteiger partial charge in [0.05, 0.1) is 12.2 Å². The van der Waals surface area contributed by atoms with Gasteiger partial charge in [0.25, 0.3) is 5.91 Å². The van der Waals surface area contributed by atoms with Gasteiger partial charge in [0, 0.05) is 12.0 Å². The van der Waals surface area contributed by atoms with E-state index in [1.165, 1.54) is 19.2 Å². The molecule has 0 aliphatic heterocycles. The second kappa shape index (κ2) is 9.83. The maximum absolute atomic E-state index is 13.0. The molecule has 28 heavy (non-hydrogen) atoms. The third kappa shape index (κ3) is 6.75. The first-order chi connectivity index (χ1) is 13.2. The number of carbonyl (C=O) groups is 1. The zero-order chi connectivity index (χ0) is 20.7. The number of halogens is 4. The molecule has 1 aliphatic carbocycles. The molecule has 0 radical (unpaired) electrons. The van der Waals surface area contributed by atoms with Crippen LogP contribution in [0, 0.1) is 5.82 Å². The SMILES string of the molecule is CNC(CC(N)NC(=NC1CCCC1)NC(=O)c1ccc(F)cc1)C(F)(F)F. The Morgan fingerprint density at radius 3 is 2.39 bits per heavy atom. The number of nitrogens with two attached hydrogens (primary N) is 1. The van der Waals surface area contributed by atoms with Gasteiger partial charge in [0.15, 0.2) is 5.96 Å². The quantitative estimate of drug-likeness (QED) is 0.254. The summed E-state index contributed by atoms with van der Waals surface area (Å²) >= 11 is 0. The second-order valence-corrected chi connectivity index (χ2v) is 6.75. The number of benzene rings is 1. The fourth-order valence-electron chi connectivity index (χ4n) is 3.01. The zero-order valence-electron chi connectivity index (χ0n) is 15.5. The first-order valence-electron chi connectivity index (χ1n) is 9.10. The molecule has 1 aliphatic rings. The van der Waals surface area contributed by atoms with Crippen LogP contribution >= 0.6 is 0 Å². The van der Waals surface area contributed by atoms with Crippen molar-refractivity contribution in [3.63, 3.8) is 0 Å². The van der Waals surface area contributed by atoms with Crippen LogP contribution in [0.25, 0.3) is 0 Å². The monoisotopic (exact) mass is 403 g/mol. The Morgan fingerprint density at radius 1 is 1.25 bits per heavy atom. The van der Waals surface area contributed by atoms with Crippen molar-refractivity contribution in [2.75, 3.05) is 7.05 Å². The molecule has 1 fully saturated rings. The molecule has 1 amide bonds. The molecule has 2 atom stereocenters. The first kappa shape index (κ1) is 22.1. The summed E-state index contributed by atoms with van der Waals surface area (Å²) in [4.78, 5) is 16.8. The van der Waals surface area contributed by atoms with Crippen LogP contribution in [0.5, 0.6) is 0 Å². The van der Waals surface area contributed by atoms with E-state index in [1.807, 2.05) is 0 Å². The third-order valence-corrected chi connectivity index (χ3v) is 4.53. The number of amides is 1. The van der Waals surface area contributed by atoms with Gasteiger partial charge in [-0.1, -0.05) is 12.8 Å². The molecule has 1 saturated carbocycles. The van der Waals surface area contributed by atoms with Crippen LogP contribution in [0.4, 0.5) is 17.6 Å². The minimum Gasteiger partial charge on any atom is -0.341 e. The van der Waals surface area contributed by atoms with Crippen LogP contribution < -0.4 is 21.7 Å². The molecule has 0 saturated heterocycles. The fourth-order valence-corrected chi connectivity index (χ4v) is 3.01. The van der Waals surface area contributed by atoms with Crippen molar-refractivity contribution in [2.45, 2.75) is 56.5 Å². The van der Waals surface area contributed by atoms with Crippen molar-refractivity contribution in [1.82, 2.24) is 16.0 Å². The van der Waals surface area contributed by atoms with E-state index >= 15 is 0 Å². The number of guanidine groups is 1. The fraction of sp³-hybridized carbons (Fsp3) is 0.556. The molecule has 1 aromatic carbocycles. The van der Waals surface area contributed by atoms with E-state index in [0.717, 1.165) is 37.8 Å². The first-order valence-corrected chi connectivity index (χ1v) is 9.10. The molecule has 0 heterocycles. The van der Waals surface area contributed by atoms with Crippen molar-refractivity contribution >= 4 is 11.9 Å². The summed E-state index contributed by atoms with van der Waals surface area (Å²) in [5, 5.41) is 7.39. The van der Waals surface area contributed by atoms with E-state index in [2.05, 4.69) is 20.9 Å². The van der Waals surface area contributed by atoms with E-state index in [4.69, 9.17) is 5.73 Å². The van der Waals surface area contributed by atoms with Crippen molar-refractivity contribution in [3.8, 4) is 0 Å². The van der Waals surface area contributed by atoms with Crippen LogP contribution in [0.15, 0.2) is 29.3 Å². The summed E-state index contributed by atoms with van der Waals surface area (Å²) in [5.41, 5.74) is 6.02. The Labute approximate surface area is 161 Å². The van der Waals surface area contributed by atoms with Gasteiger partial charge in [0.1, 0.15) is 11.9 Å². The van der Waals surface area contributed by atoms with Gasteiger partial charge >= 0.3 is 6.18 Å². The standard InChI is InChI=1S/C18H25F4N5O/c1-24-14(18(20,21)22)10-15(23)26-17(25-13-4-2-3-5-13)27-16(28)11-6-8-12(19)9-7-11/h6-9,13-15,24H,2-5,10,23H2,1H3,(H2,25,26,27,28). The molecule has 0 bridgehead atoms. The topological polar surface area (TPSA) is 91.5 Å². The van der Waals surface area contributed by atoms with Crippen molar-refractivity contribution in [2.24, 2.45) is 10.7 Å². The van der Waals surface area contributed by atoms with Crippen LogP contribution in [0.3, 0.4) is 0 Å². The molecule has 2 unspecified atom stereocenters. The van der Waals surface area contributed by atoms with E-state index < -0.39 is 36.5 Å². The minimum absolute atomic E-state index is 0.0192. The minimum atomic E-state index is -4.45.